The van der Waals surface area contributed by atoms with Crippen molar-refractivity contribution in [2.45, 2.75) is 25.8 Å². The number of nitrogens with zero attached hydrogens (tertiary/aromatic N) is 3. The fraction of sp³-hybridized carbons (Fsp3) is 0.556. The van der Waals surface area contributed by atoms with Crippen LogP contribution in [0.5, 0.6) is 0 Å². The van der Waals surface area contributed by atoms with Crippen LogP contribution in [0, 0.1) is 5.92 Å². The Morgan fingerprint density at radius 2 is 2.13 bits per heavy atom. The Hall–Kier alpha value is -1.88. The third-order valence-electron chi connectivity index (χ3n) is 4.76. The number of aromatic nitrogens is 1. The van der Waals surface area contributed by atoms with E-state index in [0.717, 1.165) is 56.8 Å². The third-order valence-corrected chi connectivity index (χ3v) is 4.76. The van der Waals surface area contributed by atoms with Crippen LogP contribution in [0.4, 0.5) is 5.82 Å². The van der Waals surface area contributed by atoms with E-state index in [1.165, 1.54) is 0 Å². The molecule has 1 N–H and O–H groups in total. The van der Waals surface area contributed by atoms with E-state index in [0.29, 0.717) is 6.54 Å². The second-order valence-corrected chi connectivity index (χ2v) is 6.48. The first kappa shape index (κ1) is 16.0. The minimum atomic E-state index is 0.128. The maximum absolute atomic E-state index is 12.3. The van der Waals surface area contributed by atoms with Gasteiger partial charge in [0, 0.05) is 50.4 Å². The maximum atomic E-state index is 12.3. The molecule has 0 unspecified atom stereocenters. The Morgan fingerprint density at radius 3 is 2.87 bits per heavy atom. The summed E-state index contributed by atoms with van der Waals surface area (Å²) in [6.07, 6.45) is 8.96. The van der Waals surface area contributed by atoms with E-state index in [-0.39, 0.29) is 11.8 Å². The molecule has 5 heteroatoms. The fourth-order valence-electron chi connectivity index (χ4n) is 3.23. The quantitative estimate of drug-likeness (QED) is 0.861. The second kappa shape index (κ2) is 7.59. The van der Waals surface area contributed by atoms with Gasteiger partial charge in [0.2, 0.25) is 5.91 Å². The van der Waals surface area contributed by atoms with E-state index in [9.17, 15) is 4.79 Å². The van der Waals surface area contributed by atoms with Crippen molar-refractivity contribution in [1.82, 2.24) is 15.2 Å². The molecule has 0 radical (unpaired) electrons. The highest BCUT2D eigenvalue weighted by Crippen LogP contribution is 2.20. The van der Waals surface area contributed by atoms with Crippen molar-refractivity contribution in [3.05, 3.63) is 36.0 Å². The molecular formula is C18H26N4O. The van der Waals surface area contributed by atoms with Crippen LogP contribution in [0.2, 0.25) is 0 Å². The van der Waals surface area contributed by atoms with Crippen LogP contribution in [-0.4, -0.2) is 49.0 Å². The summed E-state index contributed by atoms with van der Waals surface area (Å²) in [7, 11) is 2.15. The van der Waals surface area contributed by atoms with Gasteiger partial charge in [-0.25, -0.2) is 4.98 Å². The van der Waals surface area contributed by atoms with Crippen LogP contribution in [0.15, 0.2) is 30.5 Å². The Morgan fingerprint density at radius 1 is 1.30 bits per heavy atom. The predicted octanol–water partition coefficient (Wildman–Crippen LogP) is 1.81. The molecule has 1 aliphatic heterocycles. The summed E-state index contributed by atoms with van der Waals surface area (Å²) in [5, 5.41) is 3.11. The Kier molecular flexibility index (Phi) is 5.28. The molecule has 2 heterocycles. The molecule has 1 saturated heterocycles. The Labute approximate surface area is 138 Å². The molecule has 0 bridgehead atoms. The summed E-state index contributed by atoms with van der Waals surface area (Å²) in [6, 6.07) is 4.02. The molecule has 5 nitrogen and oxygen atoms in total. The van der Waals surface area contributed by atoms with E-state index in [4.69, 9.17) is 0 Å². The van der Waals surface area contributed by atoms with Crippen molar-refractivity contribution in [3.63, 3.8) is 0 Å². The molecule has 1 aromatic heterocycles. The molecule has 0 spiro atoms. The smallest absolute Gasteiger partial charge is 0.223 e. The standard InChI is InChI=1S/C18H26N4O/c1-21-10-12-22(13-11-21)17-16(8-5-9-19-17)14-20-18(23)15-6-3-2-4-7-15/h2-3,5,8-9,15H,4,6-7,10-14H2,1H3,(H,20,23)/t15-/m0/s1. The summed E-state index contributed by atoms with van der Waals surface area (Å²) in [5.41, 5.74) is 1.11. The fourth-order valence-corrected chi connectivity index (χ4v) is 3.23. The van der Waals surface area contributed by atoms with Gasteiger partial charge in [0.05, 0.1) is 0 Å². The number of rotatable bonds is 4. The second-order valence-electron chi connectivity index (χ2n) is 6.48. The van der Waals surface area contributed by atoms with Crippen LogP contribution in [0.25, 0.3) is 0 Å². The SMILES string of the molecule is CN1CCN(c2ncccc2CNC(=O)[C@H]2CC=CCC2)CC1. The highest BCUT2D eigenvalue weighted by molar-refractivity contribution is 5.79. The first-order valence-electron chi connectivity index (χ1n) is 8.54. The van der Waals surface area contributed by atoms with E-state index in [1.54, 1.807) is 0 Å². The first-order chi connectivity index (χ1) is 11.2. The highest BCUT2D eigenvalue weighted by Gasteiger charge is 2.20. The number of nitrogens with one attached hydrogen (secondary N) is 1. The summed E-state index contributed by atoms with van der Waals surface area (Å²) in [4.78, 5) is 21.5. The summed E-state index contributed by atoms with van der Waals surface area (Å²) < 4.78 is 0. The lowest BCUT2D eigenvalue weighted by Gasteiger charge is -2.34. The number of carbonyl (C=O) groups is 1. The molecule has 2 aliphatic rings. The average molecular weight is 314 g/mol. The van der Waals surface area contributed by atoms with E-state index < -0.39 is 0 Å². The molecular weight excluding hydrogens is 288 g/mol. The number of hydrogen-bond donors (Lipinski definition) is 1. The maximum Gasteiger partial charge on any atom is 0.223 e. The van der Waals surface area contributed by atoms with Gasteiger partial charge >= 0.3 is 0 Å². The lowest BCUT2D eigenvalue weighted by atomic mass is 9.93. The van der Waals surface area contributed by atoms with Gasteiger partial charge in [-0.3, -0.25) is 4.79 Å². The van der Waals surface area contributed by atoms with Crippen molar-refractivity contribution in [2.24, 2.45) is 5.92 Å². The number of carbonyl (C=O) groups excluding carboxylic acids is 1. The number of pyridine rings is 1. The average Bonchev–Trinajstić information content (AvgIpc) is 2.61. The summed E-state index contributed by atoms with van der Waals surface area (Å²) >= 11 is 0. The zero-order valence-corrected chi connectivity index (χ0v) is 13.9. The zero-order chi connectivity index (χ0) is 16.1. The van der Waals surface area contributed by atoms with Crippen LogP contribution in [-0.2, 0) is 11.3 Å². The molecule has 23 heavy (non-hydrogen) atoms. The highest BCUT2D eigenvalue weighted by atomic mass is 16.1. The number of allylic oxidation sites excluding steroid dienone is 2. The number of hydrogen-bond acceptors (Lipinski definition) is 4. The normalized spacial score (nSPS) is 22.1. The lowest BCUT2D eigenvalue weighted by Crippen LogP contribution is -2.45. The Balaban J connectivity index is 1.61. The van der Waals surface area contributed by atoms with Crippen LogP contribution in [0.3, 0.4) is 0 Å². The molecule has 1 fully saturated rings. The number of piperazine rings is 1. The predicted molar refractivity (Wildman–Crippen MR) is 92.3 cm³/mol. The van der Waals surface area contributed by atoms with Gasteiger partial charge in [0.15, 0.2) is 0 Å². The summed E-state index contributed by atoms with van der Waals surface area (Å²) in [6.45, 7) is 4.64. The van der Waals surface area contributed by atoms with Gasteiger partial charge < -0.3 is 15.1 Å². The van der Waals surface area contributed by atoms with Gasteiger partial charge in [-0.05, 0) is 32.4 Å². The van der Waals surface area contributed by atoms with Gasteiger partial charge in [0.1, 0.15) is 5.82 Å². The molecule has 1 aliphatic carbocycles. The largest absolute Gasteiger partial charge is 0.354 e. The molecule has 1 amide bonds. The van der Waals surface area contributed by atoms with Gasteiger partial charge in [0.25, 0.3) is 0 Å². The zero-order valence-electron chi connectivity index (χ0n) is 13.9. The monoisotopic (exact) mass is 314 g/mol. The molecule has 0 saturated carbocycles. The molecule has 0 aromatic carbocycles. The van der Waals surface area contributed by atoms with Crippen molar-refractivity contribution in [2.75, 3.05) is 38.1 Å². The Bertz CT molecular complexity index is 564. The number of likely N-dealkylation sites (N-methyl/N-ethyl adjacent to an activating group) is 1. The van der Waals surface area contributed by atoms with Crippen molar-refractivity contribution < 1.29 is 4.79 Å². The van der Waals surface area contributed by atoms with Gasteiger partial charge in [-0.1, -0.05) is 18.2 Å². The first-order valence-corrected chi connectivity index (χ1v) is 8.54. The van der Waals surface area contributed by atoms with Crippen LogP contribution >= 0.6 is 0 Å². The third kappa shape index (κ3) is 4.10. The van der Waals surface area contributed by atoms with Crippen LogP contribution in [0.1, 0.15) is 24.8 Å². The minimum absolute atomic E-state index is 0.128. The molecule has 1 atom stereocenters. The summed E-state index contributed by atoms with van der Waals surface area (Å²) in [5.74, 6) is 1.32. The van der Waals surface area contributed by atoms with E-state index >= 15 is 0 Å². The van der Waals surface area contributed by atoms with Crippen LogP contribution < -0.4 is 10.2 Å². The van der Waals surface area contributed by atoms with E-state index in [2.05, 4.69) is 45.4 Å². The topological polar surface area (TPSA) is 48.5 Å². The van der Waals surface area contributed by atoms with Crippen molar-refractivity contribution >= 4 is 11.7 Å². The lowest BCUT2D eigenvalue weighted by molar-refractivity contribution is -0.125. The molecule has 124 valence electrons. The van der Waals surface area contributed by atoms with Gasteiger partial charge in [-0.15, -0.1) is 0 Å². The van der Waals surface area contributed by atoms with E-state index in [1.807, 2.05) is 12.3 Å². The van der Waals surface area contributed by atoms with Crippen molar-refractivity contribution in [1.29, 1.82) is 0 Å². The van der Waals surface area contributed by atoms with Crippen molar-refractivity contribution in [3.8, 4) is 0 Å². The van der Waals surface area contributed by atoms with Gasteiger partial charge in [-0.2, -0.15) is 0 Å². The molecule has 3 rings (SSSR count). The minimum Gasteiger partial charge on any atom is -0.354 e. The number of anilines is 1. The number of amides is 1. The molecule has 1 aromatic rings.